The van der Waals surface area contributed by atoms with Gasteiger partial charge in [-0.15, -0.1) is 0 Å². The molecule has 2 rings (SSSR count). The zero-order valence-electron chi connectivity index (χ0n) is 16.1. The van der Waals surface area contributed by atoms with Crippen molar-refractivity contribution in [3.05, 3.63) is 36.2 Å². The first-order valence-electron chi connectivity index (χ1n) is 8.80. The predicted octanol–water partition coefficient (Wildman–Crippen LogP) is 4.69. The lowest BCUT2D eigenvalue weighted by Gasteiger charge is -2.15. The molecule has 1 amide bonds. The summed E-state index contributed by atoms with van der Waals surface area (Å²) in [5.41, 5.74) is 2.92. The van der Waals surface area contributed by atoms with Crippen LogP contribution >= 0.6 is 0 Å². The topological polar surface area (TPSA) is 73.3 Å². The molecule has 2 heterocycles. The maximum absolute atomic E-state index is 11.3. The van der Waals surface area contributed by atoms with Crippen LogP contribution in [-0.2, 0) is 4.74 Å². The Morgan fingerprint density at radius 3 is 2.65 bits per heavy atom. The Morgan fingerprint density at radius 2 is 2.00 bits per heavy atom. The van der Waals surface area contributed by atoms with Crippen LogP contribution in [0.2, 0.25) is 0 Å². The van der Waals surface area contributed by atoms with Crippen LogP contribution in [0.25, 0.3) is 11.1 Å². The van der Waals surface area contributed by atoms with Gasteiger partial charge in [0, 0.05) is 24.0 Å². The van der Waals surface area contributed by atoms with Crippen molar-refractivity contribution in [3.8, 4) is 17.0 Å². The zero-order valence-corrected chi connectivity index (χ0v) is 16.1. The van der Waals surface area contributed by atoms with Gasteiger partial charge in [-0.1, -0.05) is 20.8 Å². The van der Waals surface area contributed by atoms with E-state index in [9.17, 15) is 4.79 Å². The molecule has 6 heteroatoms. The second-order valence-electron chi connectivity index (χ2n) is 6.93. The van der Waals surface area contributed by atoms with Crippen LogP contribution in [-0.4, -0.2) is 29.8 Å². The summed E-state index contributed by atoms with van der Waals surface area (Å²) < 4.78 is 10.4. The summed E-state index contributed by atoms with van der Waals surface area (Å²) in [6.45, 7) is 9.28. The van der Waals surface area contributed by atoms with E-state index >= 15 is 0 Å². The van der Waals surface area contributed by atoms with E-state index in [0.29, 0.717) is 30.1 Å². The number of amides is 1. The molecule has 0 fully saturated rings. The van der Waals surface area contributed by atoms with Crippen molar-refractivity contribution in [2.45, 2.75) is 34.1 Å². The highest BCUT2D eigenvalue weighted by atomic mass is 16.5. The number of aryl methyl sites for hydroxylation is 1. The van der Waals surface area contributed by atoms with Crippen LogP contribution in [0.5, 0.6) is 5.88 Å². The molecular formula is C20H27N3O3. The van der Waals surface area contributed by atoms with Crippen LogP contribution in [0, 0.1) is 18.8 Å². The second kappa shape index (κ2) is 9.17. The number of nitrogens with zero attached hydrogens (tertiary/aromatic N) is 2. The molecule has 2 aromatic rings. The molecule has 6 nitrogen and oxygen atoms in total. The zero-order chi connectivity index (χ0) is 19.1. The highest BCUT2D eigenvalue weighted by molar-refractivity contribution is 5.84. The molecule has 0 aliphatic rings. The van der Waals surface area contributed by atoms with Crippen molar-refractivity contribution in [1.82, 2.24) is 9.97 Å². The van der Waals surface area contributed by atoms with Gasteiger partial charge in [0.15, 0.2) is 0 Å². The van der Waals surface area contributed by atoms with Gasteiger partial charge in [-0.2, -0.15) is 0 Å². The molecule has 1 N–H and O–H groups in total. The number of hydrogen-bond donors (Lipinski definition) is 1. The van der Waals surface area contributed by atoms with E-state index < -0.39 is 6.09 Å². The summed E-state index contributed by atoms with van der Waals surface area (Å²) in [5, 5.41) is 2.56. The minimum absolute atomic E-state index is 0.427. The van der Waals surface area contributed by atoms with E-state index in [0.717, 1.165) is 23.1 Å². The molecule has 0 aromatic carbocycles. The normalized spacial score (nSPS) is 11.9. The van der Waals surface area contributed by atoms with Gasteiger partial charge in [0.1, 0.15) is 5.82 Å². The number of rotatable bonds is 7. The van der Waals surface area contributed by atoms with Gasteiger partial charge in [0.2, 0.25) is 5.88 Å². The van der Waals surface area contributed by atoms with E-state index in [1.165, 1.54) is 7.11 Å². The Kier molecular flexibility index (Phi) is 6.95. The Morgan fingerprint density at radius 1 is 1.23 bits per heavy atom. The SMILES string of the molecule is COC(=O)Nc1cc(-c2cnc(OC[C@H](C)CC(C)C)cc2C)ccn1. The maximum atomic E-state index is 11.3. The van der Waals surface area contributed by atoms with E-state index in [1.54, 1.807) is 18.5 Å². The van der Waals surface area contributed by atoms with Crippen molar-refractivity contribution in [2.75, 3.05) is 19.0 Å². The smallest absolute Gasteiger partial charge is 0.412 e. The highest BCUT2D eigenvalue weighted by Gasteiger charge is 2.10. The third kappa shape index (κ3) is 5.72. The molecule has 0 aliphatic carbocycles. The first-order valence-corrected chi connectivity index (χ1v) is 8.80. The molecule has 0 saturated carbocycles. The van der Waals surface area contributed by atoms with Gasteiger partial charge < -0.3 is 9.47 Å². The Balaban J connectivity index is 2.09. The van der Waals surface area contributed by atoms with Gasteiger partial charge in [-0.3, -0.25) is 5.32 Å². The van der Waals surface area contributed by atoms with Crippen LogP contribution < -0.4 is 10.1 Å². The van der Waals surface area contributed by atoms with Crippen LogP contribution in [0.4, 0.5) is 10.6 Å². The van der Waals surface area contributed by atoms with E-state index in [2.05, 4.69) is 40.8 Å². The van der Waals surface area contributed by atoms with Gasteiger partial charge in [0.05, 0.1) is 13.7 Å². The first kappa shape index (κ1) is 19.7. The number of aromatic nitrogens is 2. The fourth-order valence-corrected chi connectivity index (χ4v) is 2.83. The average Bonchev–Trinajstić information content (AvgIpc) is 2.59. The van der Waals surface area contributed by atoms with Crippen LogP contribution in [0.3, 0.4) is 0 Å². The van der Waals surface area contributed by atoms with E-state index in [1.807, 2.05) is 19.1 Å². The highest BCUT2D eigenvalue weighted by Crippen LogP contribution is 2.26. The summed E-state index contributed by atoms with van der Waals surface area (Å²) >= 11 is 0. The predicted molar refractivity (Wildman–Crippen MR) is 102 cm³/mol. The number of anilines is 1. The molecule has 0 bridgehead atoms. The minimum Gasteiger partial charge on any atom is -0.477 e. The first-order chi connectivity index (χ1) is 12.4. The minimum atomic E-state index is -0.552. The molecule has 0 spiro atoms. The molecule has 0 radical (unpaired) electrons. The molecule has 0 unspecified atom stereocenters. The van der Waals surface area contributed by atoms with E-state index in [-0.39, 0.29) is 0 Å². The number of carbonyl (C=O) groups excluding carboxylic acids is 1. The Hall–Kier alpha value is -2.63. The lowest BCUT2D eigenvalue weighted by atomic mass is 10.00. The lowest BCUT2D eigenvalue weighted by Crippen LogP contribution is -2.12. The van der Waals surface area contributed by atoms with Gasteiger partial charge in [0.25, 0.3) is 0 Å². The van der Waals surface area contributed by atoms with Crippen molar-refractivity contribution in [2.24, 2.45) is 11.8 Å². The Labute approximate surface area is 155 Å². The van der Waals surface area contributed by atoms with E-state index in [4.69, 9.17) is 4.74 Å². The number of carbonyl (C=O) groups is 1. The third-order valence-corrected chi connectivity index (χ3v) is 3.96. The van der Waals surface area contributed by atoms with Gasteiger partial charge in [-0.25, -0.2) is 14.8 Å². The second-order valence-corrected chi connectivity index (χ2v) is 6.93. The average molecular weight is 357 g/mol. The third-order valence-electron chi connectivity index (χ3n) is 3.96. The monoisotopic (exact) mass is 357 g/mol. The molecule has 140 valence electrons. The summed E-state index contributed by atoms with van der Waals surface area (Å²) in [7, 11) is 1.31. The number of pyridine rings is 2. The lowest BCUT2D eigenvalue weighted by molar-refractivity contribution is 0.187. The maximum Gasteiger partial charge on any atom is 0.412 e. The number of ether oxygens (including phenoxy) is 2. The molecule has 26 heavy (non-hydrogen) atoms. The summed E-state index contributed by atoms with van der Waals surface area (Å²) in [6.07, 6.45) is 4.00. The number of nitrogens with one attached hydrogen (secondary N) is 1. The summed E-state index contributed by atoms with van der Waals surface area (Å²) in [5.74, 6) is 2.20. The van der Waals surface area contributed by atoms with Crippen molar-refractivity contribution in [1.29, 1.82) is 0 Å². The fraction of sp³-hybridized carbons (Fsp3) is 0.450. The molecule has 0 aliphatic heterocycles. The Bertz CT molecular complexity index is 747. The summed E-state index contributed by atoms with van der Waals surface area (Å²) in [6, 6.07) is 5.59. The number of hydrogen-bond acceptors (Lipinski definition) is 5. The molecular weight excluding hydrogens is 330 g/mol. The van der Waals surface area contributed by atoms with Crippen molar-refractivity contribution < 1.29 is 14.3 Å². The van der Waals surface area contributed by atoms with Gasteiger partial charge >= 0.3 is 6.09 Å². The standard InChI is InChI=1S/C20H27N3O3/c1-13(2)8-14(3)12-26-19-9-15(4)17(11-22-19)16-6-7-21-18(10-16)23-20(24)25-5/h6-7,9-11,13-14H,8,12H2,1-5H3,(H,21,23,24)/t14-/m1/s1. The molecule has 0 saturated heterocycles. The molecule has 1 atom stereocenters. The van der Waals surface area contributed by atoms with Crippen molar-refractivity contribution >= 4 is 11.9 Å². The number of methoxy groups -OCH3 is 1. The van der Waals surface area contributed by atoms with Gasteiger partial charge in [-0.05, 0) is 48.4 Å². The quantitative estimate of drug-likeness (QED) is 0.778. The summed E-state index contributed by atoms with van der Waals surface area (Å²) in [4.78, 5) is 19.9. The van der Waals surface area contributed by atoms with Crippen LogP contribution in [0.15, 0.2) is 30.6 Å². The fourth-order valence-electron chi connectivity index (χ4n) is 2.83. The largest absolute Gasteiger partial charge is 0.477 e. The van der Waals surface area contributed by atoms with Crippen molar-refractivity contribution in [3.63, 3.8) is 0 Å². The molecule has 2 aromatic heterocycles. The van der Waals surface area contributed by atoms with Crippen LogP contribution in [0.1, 0.15) is 32.8 Å².